The van der Waals surface area contributed by atoms with E-state index in [9.17, 15) is 9.90 Å². The first-order valence-corrected chi connectivity index (χ1v) is 7.21. The summed E-state index contributed by atoms with van der Waals surface area (Å²) in [7, 11) is 0. The second-order valence-electron chi connectivity index (χ2n) is 5.45. The van der Waals surface area contributed by atoms with Crippen LogP contribution in [0.1, 0.15) is 23.6 Å². The molecule has 116 valence electrons. The maximum absolute atomic E-state index is 12.2. The van der Waals surface area contributed by atoms with Crippen molar-refractivity contribution in [1.29, 1.82) is 0 Å². The SMILES string of the molecule is C/C(=N\c1ncccc1C)c1c(O)c2cc(C)ccc2oc1=O. The van der Waals surface area contributed by atoms with E-state index >= 15 is 0 Å². The number of nitrogens with zero attached hydrogens (tertiary/aromatic N) is 2. The van der Waals surface area contributed by atoms with Crippen molar-refractivity contribution >= 4 is 22.5 Å². The van der Waals surface area contributed by atoms with Gasteiger partial charge in [0.15, 0.2) is 5.82 Å². The van der Waals surface area contributed by atoms with Crippen molar-refractivity contribution in [3.05, 3.63) is 63.6 Å². The largest absolute Gasteiger partial charge is 0.506 e. The zero-order valence-electron chi connectivity index (χ0n) is 13.1. The average molecular weight is 308 g/mol. The van der Waals surface area contributed by atoms with Crippen LogP contribution in [0.25, 0.3) is 11.0 Å². The van der Waals surface area contributed by atoms with Gasteiger partial charge in [0.25, 0.3) is 0 Å². The second-order valence-corrected chi connectivity index (χ2v) is 5.45. The molecule has 2 heterocycles. The number of pyridine rings is 1. The summed E-state index contributed by atoms with van der Waals surface area (Å²) in [5.74, 6) is 0.392. The predicted octanol–water partition coefficient (Wildman–Crippen LogP) is 3.65. The molecule has 5 heteroatoms. The number of aliphatic imine (C=N–C) groups is 1. The van der Waals surface area contributed by atoms with E-state index in [1.807, 2.05) is 32.0 Å². The fraction of sp³-hybridized carbons (Fsp3) is 0.167. The van der Waals surface area contributed by atoms with Crippen LogP contribution >= 0.6 is 0 Å². The number of hydrogen-bond donors (Lipinski definition) is 1. The maximum atomic E-state index is 12.2. The quantitative estimate of drug-likeness (QED) is 0.579. The molecule has 2 aromatic heterocycles. The van der Waals surface area contributed by atoms with Crippen LogP contribution in [0.3, 0.4) is 0 Å². The van der Waals surface area contributed by atoms with E-state index in [0.29, 0.717) is 22.5 Å². The van der Waals surface area contributed by atoms with Gasteiger partial charge in [0.1, 0.15) is 16.9 Å². The first kappa shape index (κ1) is 15.0. The third-order valence-electron chi connectivity index (χ3n) is 3.65. The summed E-state index contributed by atoms with van der Waals surface area (Å²) in [5, 5.41) is 11.0. The van der Waals surface area contributed by atoms with E-state index in [-0.39, 0.29) is 11.3 Å². The Balaban J connectivity index is 2.23. The highest BCUT2D eigenvalue weighted by Crippen LogP contribution is 2.28. The van der Waals surface area contributed by atoms with Gasteiger partial charge < -0.3 is 9.52 Å². The zero-order chi connectivity index (χ0) is 16.6. The topological polar surface area (TPSA) is 75.7 Å². The molecule has 0 aliphatic heterocycles. The summed E-state index contributed by atoms with van der Waals surface area (Å²) in [6, 6.07) is 8.96. The first-order valence-electron chi connectivity index (χ1n) is 7.21. The van der Waals surface area contributed by atoms with Gasteiger partial charge in [0.05, 0.1) is 11.1 Å². The molecular weight excluding hydrogens is 292 g/mol. The molecule has 1 aromatic carbocycles. The molecular formula is C18H16N2O3. The molecule has 23 heavy (non-hydrogen) atoms. The predicted molar refractivity (Wildman–Crippen MR) is 89.7 cm³/mol. The van der Waals surface area contributed by atoms with Crippen LogP contribution in [-0.4, -0.2) is 15.8 Å². The van der Waals surface area contributed by atoms with Crippen LogP contribution < -0.4 is 5.63 Å². The highest BCUT2D eigenvalue weighted by molar-refractivity contribution is 6.05. The summed E-state index contributed by atoms with van der Waals surface area (Å²) in [5.41, 5.74) is 2.00. The van der Waals surface area contributed by atoms with E-state index in [1.165, 1.54) is 0 Å². The standard InChI is InChI=1S/C18H16N2O3/c1-10-6-7-14-13(9-10)16(21)15(18(22)23-14)12(3)20-17-11(2)5-4-8-19-17/h4-9,21H,1-3H3/b20-12+. The number of aromatic nitrogens is 1. The smallest absolute Gasteiger partial charge is 0.349 e. The fourth-order valence-corrected chi connectivity index (χ4v) is 2.43. The number of hydrogen-bond acceptors (Lipinski definition) is 5. The van der Waals surface area contributed by atoms with Gasteiger partial charge in [-0.05, 0) is 44.5 Å². The van der Waals surface area contributed by atoms with Crippen LogP contribution in [0.2, 0.25) is 0 Å². The summed E-state index contributed by atoms with van der Waals surface area (Å²) in [6.07, 6.45) is 1.63. The highest BCUT2D eigenvalue weighted by Gasteiger charge is 2.17. The Bertz CT molecular complexity index is 987. The fourth-order valence-electron chi connectivity index (χ4n) is 2.43. The Hall–Kier alpha value is -2.95. The molecule has 0 atom stereocenters. The normalized spacial score (nSPS) is 11.9. The van der Waals surface area contributed by atoms with Crippen molar-refractivity contribution in [2.75, 3.05) is 0 Å². The number of benzene rings is 1. The summed E-state index contributed by atoms with van der Waals surface area (Å²) in [6.45, 7) is 5.44. The van der Waals surface area contributed by atoms with E-state index in [0.717, 1.165) is 11.1 Å². The maximum Gasteiger partial charge on any atom is 0.349 e. The van der Waals surface area contributed by atoms with Crippen molar-refractivity contribution in [3.63, 3.8) is 0 Å². The van der Waals surface area contributed by atoms with Crippen LogP contribution in [0.15, 0.2) is 50.7 Å². The summed E-state index contributed by atoms with van der Waals surface area (Å²) >= 11 is 0. The Morgan fingerprint density at radius 3 is 2.78 bits per heavy atom. The van der Waals surface area contributed by atoms with Crippen LogP contribution in [-0.2, 0) is 0 Å². The molecule has 1 N–H and O–H groups in total. The second kappa shape index (κ2) is 5.68. The third kappa shape index (κ3) is 2.73. The van der Waals surface area contributed by atoms with Crippen molar-refractivity contribution in [2.45, 2.75) is 20.8 Å². The molecule has 3 aromatic rings. The lowest BCUT2D eigenvalue weighted by molar-refractivity contribution is 0.466. The van der Waals surface area contributed by atoms with Gasteiger partial charge in [0.2, 0.25) is 0 Å². The monoisotopic (exact) mass is 308 g/mol. The summed E-state index contributed by atoms with van der Waals surface area (Å²) in [4.78, 5) is 20.8. The first-order chi connectivity index (χ1) is 11.0. The van der Waals surface area contributed by atoms with Crippen molar-refractivity contribution < 1.29 is 9.52 Å². The lowest BCUT2D eigenvalue weighted by Crippen LogP contribution is -2.13. The number of fused-ring (bicyclic) bond motifs is 1. The van der Waals surface area contributed by atoms with Gasteiger partial charge in [-0.3, -0.25) is 0 Å². The van der Waals surface area contributed by atoms with Crippen molar-refractivity contribution in [1.82, 2.24) is 4.98 Å². The van der Waals surface area contributed by atoms with Gasteiger partial charge in [-0.2, -0.15) is 0 Å². The van der Waals surface area contributed by atoms with Gasteiger partial charge in [-0.1, -0.05) is 17.7 Å². The van der Waals surface area contributed by atoms with Crippen LogP contribution in [0, 0.1) is 13.8 Å². The molecule has 0 saturated carbocycles. The van der Waals surface area contributed by atoms with E-state index in [4.69, 9.17) is 4.42 Å². The van der Waals surface area contributed by atoms with Gasteiger partial charge in [-0.15, -0.1) is 0 Å². The zero-order valence-corrected chi connectivity index (χ0v) is 13.1. The van der Waals surface area contributed by atoms with Crippen LogP contribution in [0.4, 0.5) is 5.82 Å². The van der Waals surface area contributed by atoms with Crippen molar-refractivity contribution in [2.24, 2.45) is 4.99 Å². The Labute approximate surface area is 133 Å². The number of rotatable bonds is 2. The van der Waals surface area contributed by atoms with E-state index < -0.39 is 5.63 Å². The Morgan fingerprint density at radius 1 is 1.26 bits per heavy atom. The minimum absolute atomic E-state index is 0.0631. The molecule has 0 radical (unpaired) electrons. The van der Waals surface area contributed by atoms with Crippen LogP contribution in [0.5, 0.6) is 5.75 Å². The number of aromatic hydroxyl groups is 1. The lowest BCUT2D eigenvalue weighted by Gasteiger charge is -2.07. The number of aryl methyl sites for hydroxylation is 2. The molecule has 0 bridgehead atoms. The summed E-state index contributed by atoms with van der Waals surface area (Å²) < 4.78 is 5.30. The molecule has 0 saturated heterocycles. The third-order valence-corrected chi connectivity index (χ3v) is 3.65. The minimum Gasteiger partial charge on any atom is -0.506 e. The molecule has 5 nitrogen and oxygen atoms in total. The van der Waals surface area contributed by atoms with Gasteiger partial charge in [-0.25, -0.2) is 14.8 Å². The molecule has 3 rings (SSSR count). The van der Waals surface area contributed by atoms with E-state index in [2.05, 4.69) is 9.98 Å². The Kier molecular flexibility index (Phi) is 3.70. The lowest BCUT2D eigenvalue weighted by atomic mass is 10.1. The minimum atomic E-state index is -0.617. The average Bonchev–Trinajstić information content (AvgIpc) is 2.50. The molecule has 0 fully saturated rings. The molecule has 0 spiro atoms. The molecule has 0 amide bonds. The van der Waals surface area contributed by atoms with Gasteiger partial charge >= 0.3 is 5.63 Å². The highest BCUT2D eigenvalue weighted by atomic mass is 16.4. The van der Waals surface area contributed by atoms with Crippen molar-refractivity contribution in [3.8, 4) is 5.75 Å². The Morgan fingerprint density at radius 2 is 2.04 bits per heavy atom. The molecule has 0 aliphatic carbocycles. The van der Waals surface area contributed by atoms with E-state index in [1.54, 1.807) is 25.3 Å². The molecule has 0 aliphatic rings. The molecule has 0 unspecified atom stereocenters. The van der Waals surface area contributed by atoms with Gasteiger partial charge in [0, 0.05) is 6.20 Å².